The second-order valence-corrected chi connectivity index (χ2v) is 7.60. The molecule has 0 atom stereocenters. The first-order valence-electron chi connectivity index (χ1n) is 9.42. The quantitative estimate of drug-likeness (QED) is 0.525. The first-order valence-corrected chi connectivity index (χ1v) is 10.2. The van der Waals surface area contributed by atoms with E-state index < -0.39 is 5.91 Å². The van der Waals surface area contributed by atoms with Gasteiger partial charge in [0.05, 0.1) is 11.2 Å². The number of benzene rings is 2. The number of hydrogen-bond acceptors (Lipinski definition) is 4. The standard InChI is InChI=1S/C22H21Cl2N3O3/c23-16-6-7-17(18(24)12-16)19-13-26-21(30-19)8-9-22(29)27(11-10-20(25)28)14-15-4-2-1-3-5-15/h1-7,12-13H,8-11,14H2,(H2,25,28). The molecule has 1 aromatic heterocycles. The van der Waals surface area contributed by atoms with E-state index in [9.17, 15) is 9.59 Å². The van der Waals surface area contributed by atoms with Crippen molar-refractivity contribution in [2.24, 2.45) is 5.73 Å². The van der Waals surface area contributed by atoms with Gasteiger partial charge in [0.2, 0.25) is 11.8 Å². The van der Waals surface area contributed by atoms with Crippen LogP contribution >= 0.6 is 23.2 Å². The number of carbonyl (C=O) groups is 2. The smallest absolute Gasteiger partial charge is 0.223 e. The third kappa shape index (κ3) is 6.08. The SMILES string of the molecule is NC(=O)CCN(Cc1ccccc1)C(=O)CCc1ncc(-c2ccc(Cl)cc2Cl)o1. The molecule has 2 aromatic carbocycles. The largest absolute Gasteiger partial charge is 0.441 e. The van der Waals surface area contributed by atoms with E-state index in [0.29, 0.717) is 40.2 Å². The summed E-state index contributed by atoms with van der Waals surface area (Å²) in [7, 11) is 0. The Hall–Kier alpha value is -2.83. The van der Waals surface area contributed by atoms with Crippen LogP contribution in [-0.4, -0.2) is 28.2 Å². The van der Waals surface area contributed by atoms with E-state index in [-0.39, 0.29) is 25.3 Å². The molecule has 0 aliphatic carbocycles. The Balaban J connectivity index is 1.64. The van der Waals surface area contributed by atoms with E-state index in [2.05, 4.69) is 4.98 Å². The van der Waals surface area contributed by atoms with Crippen molar-refractivity contribution in [3.63, 3.8) is 0 Å². The summed E-state index contributed by atoms with van der Waals surface area (Å²) in [5.41, 5.74) is 6.91. The van der Waals surface area contributed by atoms with Crippen molar-refractivity contribution >= 4 is 35.0 Å². The van der Waals surface area contributed by atoms with Crippen LogP contribution in [0, 0.1) is 0 Å². The Kier molecular flexibility index (Phi) is 7.49. The third-order valence-corrected chi connectivity index (χ3v) is 5.05. The number of oxazole rings is 1. The van der Waals surface area contributed by atoms with Crippen LogP contribution in [0.1, 0.15) is 24.3 Å². The topological polar surface area (TPSA) is 89.4 Å². The van der Waals surface area contributed by atoms with Gasteiger partial charge in [0.1, 0.15) is 0 Å². The van der Waals surface area contributed by atoms with Crippen LogP contribution in [0.5, 0.6) is 0 Å². The van der Waals surface area contributed by atoms with Gasteiger partial charge in [-0.1, -0.05) is 53.5 Å². The van der Waals surface area contributed by atoms with Gasteiger partial charge in [-0.05, 0) is 23.8 Å². The number of rotatable bonds is 9. The summed E-state index contributed by atoms with van der Waals surface area (Å²) in [6.07, 6.45) is 2.20. The Bertz CT molecular complexity index is 1020. The third-order valence-electron chi connectivity index (χ3n) is 4.50. The van der Waals surface area contributed by atoms with Crippen molar-refractivity contribution in [1.29, 1.82) is 0 Å². The second-order valence-electron chi connectivity index (χ2n) is 6.76. The average molecular weight is 446 g/mol. The molecule has 156 valence electrons. The molecule has 0 bridgehead atoms. The minimum Gasteiger partial charge on any atom is -0.441 e. The molecule has 0 aliphatic rings. The number of aromatic nitrogens is 1. The number of hydrogen-bond donors (Lipinski definition) is 1. The molecule has 1 heterocycles. The predicted molar refractivity (Wildman–Crippen MR) is 116 cm³/mol. The van der Waals surface area contributed by atoms with E-state index in [1.165, 1.54) is 0 Å². The molecule has 0 saturated heterocycles. The van der Waals surface area contributed by atoms with Gasteiger partial charge in [-0.3, -0.25) is 9.59 Å². The predicted octanol–water partition coefficient (Wildman–Crippen LogP) is 4.49. The lowest BCUT2D eigenvalue weighted by molar-refractivity contribution is -0.132. The Morgan fingerprint density at radius 2 is 1.83 bits per heavy atom. The summed E-state index contributed by atoms with van der Waals surface area (Å²) in [5.74, 6) is 0.385. The van der Waals surface area contributed by atoms with Crippen molar-refractivity contribution in [2.45, 2.75) is 25.8 Å². The lowest BCUT2D eigenvalue weighted by Gasteiger charge is -2.22. The van der Waals surface area contributed by atoms with E-state index in [4.69, 9.17) is 33.4 Å². The first kappa shape index (κ1) is 21.9. The highest BCUT2D eigenvalue weighted by Gasteiger charge is 2.17. The van der Waals surface area contributed by atoms with Crippen LogP contribution in [0.3, 0.4) is 0 Å². The second kappa shape index (κ2) is 10.3. The Morgan fingerprint density at radius 3 is 2.53 bits per heavy atom. The summed E-state index contributed by atoms with van der Waals surface area (Å²) in [5, 5.41) is 0.991. The van der Waals surface area contributed by atoms with Crippen LogP contribution in [0.15, 0.2) is 59.1 Å². The molecule has 0 spiro atoms. The summed E-state index contributed by atoms with van der Waals surface area (Å²) in [4.78, 5) is 29.8. The average Bonchev–Trinajstić information content (AvgIpc) is 3.18. The van der Waals surface area contributed by atoms with Gasteiger partial charge >= 0.3 is 0 Å². The summed E-state index contributed by atoms with van der Waals surface area (Å²) < 4.78 is 5.75. The zero-order valence-electron chi connectivity index (χ0n) is 16.2. The van der Waals surface area contributed by atoms with Crippen LogP contribution in [0.4, 0.5) is 0 Å². The number of nitrogens with two attached hydrogens (primary N) is 1. The highest BCUT2D eigenvalue weighted by atomic mass is 35.5. The molecule has 2 N–H and O–H groups in total. The molecular weight excluding hydrogens is 425 g/mol. The fourth-order valence-corrected chi connectivity index (χ4v) is 3.45. The van der Waals surface area contributed by atoms with Crippen LogP contribution in [0.25, 0.3) is 11.3 Å². The minimum atomic E-state index is -0.446. The highest BCUT2D eigenvalue weighted by Crippen LogP contribution is 2.30. The highest BCUT2D eigenvalue weighted by molar-refractivity contribution is 6.36. The minimum absolute atomic E-state index is 0.107. The van der Waals surface area contributed by atoms with Crippen molar-refractivity contribution in [3.05, 3.63) is 76.2 Å². The monoisotopic (exact) mass is 445 g/mol. The van der Waals surface area contributed by atoms with Gasteiger partial charge in [0, 0.05) is 42.9 Å². The van der Waals surface area contributed by atoms with Crippen LogP contribution in [-0.2, 0) is 22.6 Å². The maximum absolute atomic E-state index is 12.8. The fourth-order valence-electron chi connectivity index (χ4n) is 2.95. The van der Waals surface area contributed by atoms with Crippen LogP contribution < -0.4 is 5.73 Å². The molecule has 3 aromatic rings. The van der Waals surface area contributed by atoms with Gasteiger partial charge < -0.3 is 15.1 Å². The molecule has 0 aliphatic heterocycles. The van der Waals surface area contributed by atoms with Gasteiger partial charge in [-0.15, -0.1) is 0 Å². The zero-order valence-corrected chi connectivity index (χ0v) is 17.7. The van der Waals surface area contributed by atoms with E-state index >= 15 is 0 Å². The lowest BCUT2D eigenvalue weighted by Crippen LogP contribution is -2.33. The number of nitrogens with zero attached hydrogens (tertiary/aromatic N) is 2. The van der Waals surface area contributed by atoms with Crippen molar-refractivity contribution in [3.8, 4) is 11.3 Å². The van der Waals surface area contributed by atoms with E-state index in [0.717, 1.165) is 5.56 Å². The molecule has 0 saturated carbocycles. The maximum atomic E-state index is 12.8. The number of carbonyl (C=O) groups excluding carboxylic acids is 2. The van der Waals surface area contributed by atoms with Gasteiger partial charge in [0.15, 0.2) is 11.7 Å². The number of aryl methyl sites for hydroxylation is 1. The van der Waals surface area contributed by atoms with Crippen molar-refractivity contribution in [1.82, 2.24) is 9.88 Å². The van der Waals surface area contributed by atoms with E-state index in [1.54, 1.807) is 29.3 Å². The molecule has 2 amide bonds. The first-order chi connectivity index (χ1) is 14.4. The van der Waals surface area contributed by atoms with Crippen molar-refractivity contribution in [2.75, 3.05) is 6.54 Å². The normalized spacial score (nSPS) is 10.7. The molecule has 0 radical (unpaired) electrons. The van der Waals surface area contributed by atoms with Gasteiger partial charge in [0.25, 0.3) is 0 Å². The molecule has 30 heavy (non-hydrogen) atoms. The molecule has 0 fully saturated rings. The van der Waals surface area contributed by atoms with Crippen molar-refractivity contribution < 1.29 is 14.0 Å². The number of primary amides is 1. The molecule has 6 nitrogen and oxygen atoms in total. The zero-order chi connectivity index (χ0) is 21.5. The van der Waals surface area contributed by atoms with Crippen LogP contribution in [0.2, 0.25) is 10.0 Å². The Labute approximate surface area is 184 Å². The summed E-state index contributed by atoms with van der Waals surface area (Å²) >= 11 is 12.1. The van der Waals surface area contributed by atoms with E-state index in [1.807, 2.05) is 30.3 Å². The van der Waals surface area contributed by atoms with Gasteiger partial charge in [-0.25, -0.2) is 4.98 Å². The molecule has 3 rings (SSSR count). The van der Waals surface area contributed by atoms with Gasteiger partial charge in [-0.2, -0.15) is 0 Å². The maximum Gasteiger partial charge on any atom is 0.223 e. The summed E-state index contributed by atoms with van der Waals surface area (Å²) in [6, 6.07) is 14.7. The molecule has 8 heteroatoms. The number of halogens is 2. The molecule has 0 unspecified atom stereocenters. The lowest BCUT2D eigenvalue weighted by atomic mass is 10.2. The molecular formula is C22H21Cl2N3O3. The number of amides is 2. The Morgan fingerprint density at radius 1 is 1.07 bits per heavy atom. The summed E-state index contributed by atoms with van der Waals surface area (Å²) in [6.45, 7) is 0.671. The fraction of sp³-hybridized carbons (Fsp3) is 0.227.